The molecule has 2 heterocycles. The van der Waals surface area contributed by atoms with Crippen molar-refractivity contribution in [1.29, 1.82) is 0 Å². The number of fused-ring (bicyclic) bond motifs is 3. The molecule has 2 aromatic rings. The van der Waals surface area contributed by atoms with Gasteiger partial charge in [-0.1, -0.05) is 0 Å². The zero-order valence-corrected chi connectivity index (χ0v) is 19.6. The van der Waals surface area contributed by atoms with E-state index < -0.39 is 0 Å². The molecule has 4 saturated carbocycles. The Morgan fingerprint density at radius 1 is 1.13 bits per heavy atom. The van der Waals surface area contributed by atoms with Crippen LogP contribution in [0.1, 0.15) is 67.6 Å². The summed E-state index contributed by atoms with van der Waals surface area (Å²) < 4.78 is 0. The topological polar surface area (TPSA) is 74.8 Å². The maximum Gasteiger partial charge on any atom is 0.259 e. The van der Waals surface area contributed by atoms with Crippen LogP contribution in [0.15, 0.2) is 4.79 Å². The first kappa shape index (κ1) is 20.3. The SMILES string of the molecule is O=C(CSCc1nc2sc3c(c2c(=O)[nH]1)CCCC3)NCC12CC3CC(CC(C3)C1)C2. The summed E-state index contributed by atoms with van der Waals surface area (Å²) in [7, 11) is 0. The van der Waals surface area contributed by atoms with E-state index in [-0.39, 0.29) is 11.5 Å². The molecule has 0 radical (unpaired) electrons. The molecule has 4 fully saturated rings. The van der Waals surface area contributed by atoms with Crippen LogP contribution in [-0.2, 0) is 23.4 Å². The first-order chi connectivity index (χ1) is 15.1. The lowest BCUT2D eigenvalue weighted by molar-refractivity contribution is -0.120. The monoisotopic (exact) mass is 457 g/mol. The third-order valence-corrected chi connectivity index (χ3v) is 10.3. The van der Waals surface area contributed by atoms with Crippen molar-refractivity contribution in [3.8, 4) is 0 Å². The van der Waals surface area contributed by atoms with E-state index in [1.807, 2.05) is 0 Å². The van der Waals surface area contributed by atoms with Gasteiger partial charge in [0.25, 0.3) is 5.56 Å². The second kappa shape index (κ2) is 7.91. The quantitative estimate of drug-likeness (QED) is 0.673. The van der Waals surface area contributed by atoms with Gasteiger partial charge in [-0.2, -0.15) is 0 Å². The van der Waals surface area contributed by atoms with E-state index in [4.69, 9.17) is 4.98 Å². The maximum absolute atomic E-state index is 12.7. The molecule has 5 nitrogen and oxygen atoms in total. The normalized spacial score (nSPS) is 31.2. The Labute approximate surface area is 191 Å². The third-order valence-electron chi connectivity index (χ3n) is 8.17. The molecule has 0 saturated heterocycles. The Morgan fingerprint density at radius 2 is 1.84 bits per heavy atom. The van der Waals surface area contributed by atoms with Crippen molar-refractivity contribution in [2.75, 3.05) is 12.3 Å². The highest BCUT2D eigenvalue weighted by molar-refractivity contribution is 7.99. The highest BCUT2D eigenvalue weighted by Gasteiger charge is 2.50. The fourth-order valence-corrected chi connectivity index (χ4v) is 9.36. The van der Waals surface area contributed by atoms with Crippen LogP contribution in [-0.4, -0.2) is 28.2 Å². The number of nitrogens with zero attached hydrogens (tertiary/aromatic N) is 1. The maximum atomic E-state index is 12.7. The molecule has 4 bridgehead atoms. The summed E-state index contributed by atoms with van der Waals surface area (Å²) in [6.07, 6.45) is 12.7. The van der Waals surface area contributed by atoms with Gasteiger partial charge >= 0.3 is 0 Å². The average Bonchev–Trinajstić information content (AvgIpc) is 3.10. The number of carbonyl (C=O) groups excluding carboxylic acids is 1. The molecule has 2 N–H and O–H groups in total. The van der Waals surface area contributed by atoms with Gasteiger partial charge in [0.2, 0.25) is 5.91 Å². The summed E-state index contributed by atoms with van der Waals surface area (Å²) in [5, 5.41) is 4.06. The molecule has 5 aliphatic carbocycles. The highest BCUT2D eigenvalue weighted by Crippen LogP contribution is 2.59. The molecule has 0 aliphatic heterocycles. The van der Waals surface area contributed by atoms with Crippen LogP contribution < -0.4 is 10.9 Å². The van der Waals surface area contributed by atoms with Gasteiger partial charge in [-0.3, -0.25) is 9.59 Å². The van der Waals surface area contributed by atoms with Crippen LogP contribution in [0.25, 0.3) is 10.2 Å². The lowest BCUT2D eigenvalue weighted by atomic mass is 9.49. The van der Waals surface area contributed by atoms with Crippen LogP contribution in [0, 0.1) is 23.2 Å². The summed E-state index contributed by atoms with van der Waals surface area (Å²) >= 11 is 3.23. The summed E-state index contributed by atoms with van der Waals surface area (Å²) in [6, 6.07) is 0. The van der Waals surface area contributed by atoms with Gasteiger partial charge in [0.05, 0.1) is 16.9 Å². The Hall–Kier alpha value is -1.34. The number of aromatic amines is 1. The number of rotatable bonds is 6. The zero-order valence-electron chi connectivity index (χ0n) is 18.0. The number of H-pyrrole nitrogens is 1. The minimum absolute atomic E-state index is 0.00809. The van der Waals surface area contributed by atoms with Crippen LogP contribution >= 0.6 is 23.1 Å². The number of hydrogen-bond donors (Lipinski definition) is 2. The van der Waals surface area contributed by atoms with Gasteiger partial charge in [-0.05, 0) is 92.9 Å². The van der Waals surface area contributed by atoms with E-state index in [1.54, 1.807) is 23.1 Å². The van der Waals surface area contributed by atoms with Gasteiger partial charge in [0, 0.05) is 11.4 Å². The van der Waals surface area contributed by atoms with E-state index in [0.717, 1.165) is 53.8 Å². The molecule has 1 amide bonds. The van der Waals surface area contributed by atoms with Crippen molar-refractivity contribution < 1.29 is 4.79 Å². The molecule has 0 aromatic carbocycles. The molecule has 0 spiro atoms. The Kier molecular flexibility index (Phi) is 5.17. The number of thiophene rings is 1. The van der Waals surface area contributed by atoms with Crippen molar-refractivity contribution in [2.45, 2.75) is 70.0 Å². The van der Waals surface area contributed by atoms with Gasteiger partial charge in [-0.15, -0.1) is 23.1 Å². The standard InChI is InChI=1S/C24H31N3O2S2/c28-20(25-13-24-8-14-5-15(9-24)7-16(6-14)10-24)12-30-11-19-26-22(29)21-17-3-1-2-4-18(17)31-23(21)27-19/h14-16H,1-13H2,(H,25,28)(H,26,27,29). The molecular formula is C24H31N3O2S2. The molecule has 31 heavy (non-hydrogen) atoms. The van der Waals surface area contributed by atoms with Crippen LogP contribution in [0.3, 0.4) is 0 Å². The van der Waals surface area contributed by atoms with E-state index >= 15 is 0 Å². The summed E-state index contributed by atoms with van der Waals surface area (Å²) in [5.41, 5.74) is 1.60. The Balaban J connectivity index is 1.04. The van der Waals surface area contributed by atoms with Crippen LogP contribution in [0.5, 0.6) is 0 Å². The number of aryl methyl sites for hydroxylation is 2. The minimum Gasteiger partial charge on any atom is -0.355 e. The summed E-state index contributed by atoms with van der Waals surface area (Å²) in [5.74, 6) is 4.55. The highest BCUT2D eigenvalue weighted by atomic mass is 32.2. The van der Waals surface area contributed by atoms with Gasteiger partial charge in [-0.25, -0.2) is 4.98 Å². The molecule has 0 atom stereocenters. The first-order valence-electron chi connectivity index (χ1n) is 11.9. The van der Waals surface area contributed by atoms with E-state index in [9.17, 15) is 9.59 Å². The molecule has 166 valence electrons. The minimum atomic E-state index is -0.00809. The largest absolute Gasteiger partial charge is 0.355 e. The number of carbonyl (C=O) groups is 1. The lowest BCUT2D eigenvalue weighted by Crippen LogP contribution is -2.51. The molecule has 2 aromatic heterocycles. The second-order valence-electron chi connectivity index (χ2n) is 10.6. The van der Waals surface area contributed by atoms with Crippen LogP contribution in [0.4, 0.5) is 0 Å². The van der Waals surface area contributed by atoms with Crippen molar-refractivity contribution in [1.82, 2.24) is 15.3 Å². The smallest absolute Gasteiger partial charge is 0.259 e. The molecule has 0 unspecified atom stereocenters. The molecular weight excluding hydrogens is 426 g/mol. The zero-order chi connectivity index (χ0) is 21.0. The predicted octanol–water partition coefficient (Wildman–Crippen LogP) is 4.43. The number of hydrogen-bond acceptors (Lipinski definition) is 5. The van der Waals surface area contributed by atoms with E-state index in [2.05, 4.69) is 10.3 Å². The Morgan fingerprint density at radius 3 is 2.58 bits per heavy atom. The number of nitrogens with one attached hydrogen (secondary N) is 2. The predicted molar refractivity (Wildman–Crippen MR) is 127 cm³/mol. The second-order valence-corrected chi connectivity index (χ2v) is 12.7. The number of thioether (sulfide) groups is 1. The Bertz CT molecular complexity index is 1040. The first-order valence-corrected chi connectivity index (χ1v) is 13.9. The van der Waals surface area contributed by atoms with Crippen LogP contribution in [0.2, 0.25) is 0 Å². The van der Waals surface area contributed by atoms with Gasteiger partial charge in [0.1, 0.15) is 10.7 Å². The number of aromatic nitrogens is 2. The average molecular weight is 458 g/mol. The lowest BCUT2D eigenvalue weighted by Gasteiger charge is -2.56. The fraction of sp³-hybridized carbons (Fsp3) is 0.708. The molecule has 7 rings (SSSR count). The van der Waals surface area contributed by atoms with E-state index in [0.29, 0.717) is 22.7 Å². The van der Waals surface area contributed by atoms with Crippen molar-refractivity contribution in [2.24, 2.45) is 23.2 Å². The molecule has 7 heteroatoms. The third kappa shape index (κ3) is 3.86. The van der Waals surface area contributed by atoms with Crippen molar-refractivity contribution in [3.63, 3.8) is 0 Å². The summed E-state index contributed by atoms with van der Waals surface area (Å²) in [6.45, 7) is 0.859. The van der Waals surface area contributed by atoms with Crippen molar-refractivity contribution >= 4 is 39.2 Å². The van der Waals surface area contributed by atoms with E-state index in [1.165, 1.54) is 55.4 Å². The number of amides is 1. The van der Waals surface area contributed by atoms with Crippen molar-refractivity contribution in [3.05, 3.63) is 26.6 Å². The summed E-state index contributed by atoms with van der Waals surface area (Å²) in [4.78, 5) is 35.1. The molecule has 5 aliphatic rings. The fourth-order valence-electron chi connectivity index (χ4n) is 7.36. The van der Waals surface area contributed by atoms with Gasteiger partial charge in [0.15, 0.2) is 0 Å². The van der Waals surface area contributed by atoms with Gasteiger partial charge < -0.3 is 10.3 Å².